The zero-order valence-corrected chi connectivity index (χ0v) is 15.9. The molecule has 8 atom stereocenters. The Morgan fingerprint density at radius 3 is 2.82 bits per heavy atom. The first-order valence-electron chi connectivity index (χ1n) is 10.2. The van der Waals surface area contributed by atoms with Crippen LogP contribution in [0.3, 0.4) is 0 Å². The molecule has 28 heavy (non-hydrogen) atoms. The molecule has 148 valence electrons. The lowest BCUT2D eigenvalue weighted by atomic mass is 9.70. The van der Waals surface area contributed by atoms with Gasteiger partial charge in [-0.1, -0.05) is 0 Å². The number of hydrogen-bond donors (Lipinski definition) is 1. The highest BCUT2D eigenvalue weighted by Gasteiger charge is 2.69. The summed E-state index contributed by atoms with van der Waals surface area (Å²) in [7, 11) is 1.47. The van der Waals surface area contributed by atoms with Gasteiger partial charge in [0.1, 0.15) is 12.5 Å². The van der Waals surface area contributed by atoms with Crippen molar-refractivity contribution in [3.8, 4) is 0 Å². The van der Waals surface area contributed by atoms with Crippen molar-refractivity contribution in [2.45, 2.75) is 56.0 Å². The first-order chi connectivity index (χ1) is 13.6. The summed E-state index contributed by atoms with van der Waals surface area (Å²) in [5.74, 6) is 0.383. The van der Waals surface area contributed by atoms with Gasteiger partial charge in [-0.2, -0.15) is 0 Å². The number of piperidine rings is 1. The van der Waals surface area contributed by atoms with E-state index in [9.17, 15) is 9.59 Å². The SMILES string of the molecule is COC1=C(C)C(=O)C2=C(C1=O)C1COC3C4CC5C(N4)C(C2N2CCOC52)N13. The molecule has 5 fully saturated rings. The van der Waals surface area contributed by atoms with Crippen molar-refractivity contribution in [2.24, 2.45) is 5.92 Å². The number of allylic oxidation sites excluding steroid dienone is 2. The maximum absolute atomic E-state index is 13.5. The van der Waals surface area contributed by atoms with Gasteiger partial charge in [0.2, 0.25) is 5.78 Å². The van der Waals surface area contributed by atoms with E-state index < -0.39 is 0 Å². The second kappa shape index (κ2) is 5.12. The molecular weight excluding hydrogens is 362 g/mol. The van der Waals surface area contributed by atoms with Crippen molar-refractivity contribution in [1.29, 1.82) is 0 Å². The van der Waals surface area contributed by atoms with Gasteiger partial charge in [0, 0.05) is 47.3 Å². The van der Waals surface area contributed by atoms with E-state index in [0.717, 1.165) is 13.0 Å². The Hall–Kier alpha value is -1.58. The quantitative estimate of drug-likeness (QED) is 0.586. The average molecular weight is 385 g/mol. The molecule has 6 aliphatic heterocycles. The molecule has 0 aromatic heterocycles. The number of hydrogen-bond acceptors (Lipinski definition) is 8. The molecule has 0 radical (unpaired) electrons. The molecule has 8 heteroatoms. The Labute approximate surface area is 162 Å². The molecule has 7 aliphatic rings. The summed E-state index contributed by atoms with van der Waals surface area (Å²) < 4.78 is 17.7. The van der Waals surface area contributed by atoms with Crippen molar-refractivity contribution in [3.05, 3.63) is 22.5 Å². The summed E-state index contributed by atoms with van der Waals surface area (Å²) in [6, 6.07) is 0.339. The summed E-state index contributed by atoms with van der Waals surface area (Å²) in [6.45, 7) is 3.63. The Morgan fingerprint density at radius 2 is 2.00 bits per heavy atom. The van der Waals surface area contributed by atoms with Crippen LogP contribution in [0.25, 0.3) is 0 Å². The van der Waals surface area contributed by atoms with Crippen LogP contribution in [0.4, 0.5) is 0 Å². The first-order valence-corrected chi connectivity index (χ1v) is 10.2. The summed E-state index contributed by atoms with van der Waals surface area (Å²) in [5, 5.41) is 3.79. The molecule has 8 nitrogen and oxygen atoms in total. The number of nitrogens with zero attached hydrogens (tertiary/aromatic N) is 2. The van der Waals surface area contributed by atoms with Gasteiger partial charge in [-0.15, -0.1) is 0 Å². The van der Waals surface area contributed by atoms with E-state index in [2.05, 4.69) is 15.1 Å². The van der Waals surface area contributed by atoms with Gasteiger partial charge in [-0.25, -0.2) is 0 Å². The number of rotatable bonds is 1. The maximum atomic E-state index is 13.5. The molecule has 0 spiro atoms. The van der Waals surface area contributed by atoms with Gasteiger partial charge in [0.15, 0.2) is 11.5 Å². The monoisotopic (exact) mass is 385 g/mol. The van der Waals surface area contributed by atoms with E-state index in [4.69, 9.17) is 14.2 Å². The minimum Gasteiger partial charge on any atom is -0.492 e. The van der Waals surface area contributed by atoms with E-state index in [1.54, 1.807) is 6.92 Å². The first kappa shape index (κ1) is 16.2. The minimum absolute atomic E-state index is 0.00471. The Kier molecular flexibility index (Phi) is 2.97. The lowest BCUT2D eigenvalue weighted by Crippen LogP contribution is -2.76. The van der Waals surface area contributed by atoms with Crippen LogP contribution in [0.2, 0.25) is 0 Å². The number of piperazine rings is 1. The molecule has 5 saturated heterocycles. The van der Waals surface area contributed by atoms with E-state index >= 15 is 0 Å². The summed E-state index contributed by atoms with van der Waals surface area (Å²) in [4.78, 5) is 31.7. The fourth-order valence-electron chi connectivity index (χ4n) is 7.16. The fourth-order valence-corrected chi connectivity index (χ4v) is 7.16. The van der Waals surface area contributed by atoms with Crippen LogP contribution < -0.4 is 5.32 Å². The highest BCUT2D eigenvalue weighted by molar-refractivity contribution is 6.25. The van der Waals surface area contributed by atoms with Crippen LogP contribution in [0.5, 0.6) is 0 Å². The normalized spacial score (nSPS) is 49.1. The van der Waals surface area contributed by atoms with Crippen molar-refractivity contribution in [1.82, 2.24) is 15.1 Å². The van der Waals surface area contributed by atoms with Gasteiger partial charge in [0.05, 0.1) is 32.4 Å². The molecular formula is C20H23N3O5. The third kappa shape index (κ3) is 1.60. The number of Topliss-reactive ketones (excluding diaryl/α,β-unsaturated/α-hetero) is 2. The lowest BCUT2D eigenvalue weighted by molar-refractivity contribution is -0.133. The molecule has 1 N–H and O–H groups in total. The molecule has 0 aromatic carbocycles. The van der Waals surface area contributed by atoms with E-state index in [1.807, 2.05) is 0 Å². The van der Waals surface area contributed by atoms with Crippen molar-refractivity contribution < 1.29 is 23.8 Å². The topological polar surface area (TPSA) is 80.3 Å². The number of carbonyl (C=O) groups is 2. The van der Waals surface area contributed by atoms with Gasteiger partial charge < -0.3 is 19.5 Å². The van der Waals surface area contributed by atoms with Crippen molar-refractivity contribution in [2.75, 3.05) is 26.9 Å². The number of fused-ring (bicyclic) bond motifs is 7. The summed E-state index contributed by atoms with van der Waals surface area (Å²) >= 11 is 0. The Balaban J connectivity index is 1.48. The van der Waals surface area contributed by atoms with Crippen LogP contribution in [-0.2, 0) is 23.8 Å². The molecule has 8 unspecified atom stereocenters. The number of carbonyl (C=O) groups excluding carboxylic acids is 2. The Morgan fingerprint density at radius 1 is 1.14 bits per heavy atom. The molecule has 6 heterocycles. The highest BCUT2D eigenvalue weighted by atomic mass is 16.5. The average Bonchev–Trinajstić information content (AvgIpc) is 3.40. The van der Waals surface area contributed by atoms with Crippen molar-refractivity contribution in [3.63, 3.8) is 0 Å². The second-order valence-electron chi connectivity index (χ2n) is 8.96. The molecule has 0 aromatic rings. The fraction of sp³-hybridized carbons (Fsp3) is 0.700. The predicted octanol–water partition coefficient (Wildman–Crippen LogP) is -0.835. The van der Waals surface area contributed by atoms with Crippen LogP contribution in [-0.4, -0.2) is 90.9 Å². The number of methoxy groups -OCH3 is 1. The third-order valence-electron chi connectivity index (χ3n) is 8.04. The van der Waals surface area contributed by atoms with Gasteiger partial charge in [-0.05, 0) is 13.3 Å². The molecule has 7 rings (SSSR count). The summed E-state index contributed by atoms with van der Waals surface area (Å²) in [6.07, 6.45) is 0.967. The Bertz CT molecular complexity index is 896. The molecule has 1 aliphatic carbocycles. The second-order valence-corrected chi connectivity index (χ2v) is 8.96. The molecule has 2 bridgehead atoms. The van der Waals surface area contributed by atoms with Crippen LogP contribution in [0.15, 0.2) is 22.5 Å². The van der Waals surface area contributed by atoms with Crippen LogP contribution >= 0.6 is 0 Å². The highest BCUT2D eigenvalue weighted by Crippen LogP contribution is 2.54. The minimum atomic E-state index is -0.165. The number of ether oxygens (including phenoxy) is 3. The largest absolute Gasteiger partial charge is 0.492 e. The van der Waals surface area contributed by atoms with E-state index in [-0.39, 0.29) is 60.0 Å². The summed E-state index contributed by atoms with van der Waals surface area (Å²) in [5.41, 5.74) is 1.68. The maximum Gasteiger partial charge on any atom is 0.226 e. The number of nitrogens with one attached hydrogen (secondary N) is 1. The smallest absolute Gasteiger partial charge is 0.226 e. The number of ketones is 2. The van der Waals surface area contributed by atoms with Crippen LogP contribution in [0, 0.1) is 5.92 Å². The van der Waals surface area contributed by atoms with Gasteiger partial charge in [0.25, 0.3) is 0 Å². The zero-order valence-electron chi connectivity index (χ0n) is 15.9. The molecule has 0 saturated carbocycles. The standard InChI is InChI=1S/C20H23N3O5/c1-7-16(24)12-11(17(25)18(7)26-2)10-6-28-20-9-5-8-13(21-9)15(23(10)20)14(12)22-3-4-27-19(8)22/h8-10,13-15,19-21H,3-6H2,1-2H3. The van der Waals surface area contributed by atoms with E-state index in [1.165, 1.54) is 7.11 Å². The zero-order chi connectivity index (χ0) is 18.9. The van der Waals surface area contributed by atoms with Crippen LogP contribution in [0.1, 0.15) is 13.3 Å². The lowest BCUT2D eigenvalue weighted by Gasteiger charge is -2.58. The molecule has 0 amide bonds. The van der Waals surface area contributed by atoms with Gasteiger partial charge in [-0.3, -0.25) is 19.4 Å². The predicted molar refractivity (Wildman–Crippen MR) is 95.0 cm³/mol. The van der Waals surface area contributed by atoms with E-state index in [0.29, 0.717) is 35.9 Å². The third-order valence-corrected chi connectivity index (χ3v) is 8.04. The van der Waals surface area contributed by atoms with Gasteiger partial charge >= 0.3 is 0 Å². The van der Waals surface area contributed by atoms with Crippen molar-refractivity contribution >= 4 is 11.6 Å².